The molecular formula is C15H21NO3. The molecular weight excluding hydrogens is 242 g/mol. The lowest BCUT2D eigenvalue weighted by molar-refractivity contribution is 0.0601. The molecule has 1 unspecified atom stereocenters. The van der Waals surface area contributed by atoms with Crippen LogP contribution in [0.2, 0.25) is 0 Å². The predicted molar refractivity (Wildman–Crippen MR) is 74.6 cm³/mol. The first-order valence-corrected chi connectivity index (χ1v) is 6.74. The van der Waals surface area contributed by atoms with Crippen LogP contribution >= 0.6 is 0 Å². The van der Waals surface area contributed by atoms with Crippen molar-refractivity contribution in [3.63, 3.8) is 0 Å². The fourth-order valence-electron chi connectivity index (χ4n) is 2.33. The Morgan fingerprint density at radius 1 is 1.37 bits per heavy atom. The van der Waals surface area contributed by atoms with E-state index in [0.717, 1.165) is 43.7 Å². The zero-order valence-electron chi connectivity index (χ0n) is 11.6. The standard InChI is InChI=1S/C15H21NO3/c1-11-5-6-14(13(10-11)15(17)18-2)16-12-4-3-8-19-9-7-12/h5-6,10,12,16H,3-4,7-9H2,1-2H3. The molecule has 0 aromatic heterocycles. The maximum absolute atomic E-state index is 11.8. The van der Waals surface area contributed by atoms with Gasteiger partial charge >= 0.3 is 5.97 Å². The van der Waals surface area contributed by atoms with E-state index >= 15 is 0 Å². The van der Waals surface area contributed by atoms with E-state index in [1.807, 2.05) is 25.1 Å². The molecule has 1 atom stereocenters. The van der Waals surface area contributed by atoms with Crippen LogP contribution in [0.25, 0.3) is 0 Å². The highest BCUT2D eigenvalue weighted by molar-refractivity contribution is 5.95. The number of aryl methyl sites for hydroxylation is 1. The summed E-state index contributed by atoms with van der Waals surface area (Å²) in [7, 11) is 1.41. The van der Waals surface area contributed by atoms with Gasteiger partial charge in [-0.05, 0) is 38.3 Å². The van der Waals surface area contributed by atoms with Crippen LogP contribution < -0.4 is 5.32 Å². The SMILES string of the molecule is COC(=O)c1cc(C)ccc1NC1CCCOCC1. The largest absolute Gasteiger partial charge is 0.465 e. The van der Waals surface area contributed by atoms with Gasteiger partial charge < -0.3 is 14.8 Å². The van der Waals surface area contributed by atoms with Gasteiger partial charge in [-0.2, -0.15) is 0 Å². The third-order valence-corrected chi connectivity index (χ3v) is 3.39. The number of rotatable bonds is 3. The molecule has 1 aromatic rings. The van der Waals surface area contributed by atoms with Crippen molar-refractivity contribution in [2.75, 3.05) is 25.6 Å². The maximum atomic E-state index is 11.8. The lowest BCUT2D eigenvalue weighted by Crippen LogP contribution is -2.21. The first kappa shape index (κ1) is 13.9. The lowest BCUT2D eigenvalue weighted by Gasteiger charge is -2.19. The zero-order chi connectivity index (χ0) is 13.7. The van der Waals surface area contributed by atoms with Crippen LogP contribution in [0.1, 0.15) is 35.2 Å². The first-order valence-electron chi connectivity index (χ1n) is 6.74. The monoisotopic (exact) mass is 263 g/mol. The Morgan fingerprint density at radius 3 is 3.00 bits per heavy atom. The predicted octanol–water partition coefficient (Wildman–Crippen LogP) is 2.76. The van der Waals surface area contributed by atoms with Crippen molar-refractivity contribution in [3.8, 4) is 0 Å². The molecule has 0 radical (unpaired) electrons. The van der Waals surface area contributed by atoms with Gasteiger partial charge in [0.1, 0.15) is 0 Å². The van der Waals surface area contributed by atoms with Crippen molar-refractivity contribution >= 4 is 11.7 Å². The Labute approximate surface area is 114 Å². The van der Waals surface area contributed by atoms with E-state index < -0.39 is 0 Å². The Hall–Kier alpha value is -1.55. The fourth-order valence-corrected chi connectivity index (χ4v) is 2.33. The highest BCUT2D eigenvalue weighted by Gasteiger charge is 2.17. The molecule has 0 saturated carbocycles. The number of hydrogen-bond donors (Lipinski definition) is 1. The molecule has 0 bridgehead atoms. The molecule has 0 amide bonds. The van der Waals surface area contributed by atoms with Gasteiger partial charge in [0.25, 0.3) is 0 Å². The smallest absolute Gasteiger partial charge is 0.339 e. The number of ether oxygens (including phenoxy) is 2. The second-order valence-electron chi connectivity index (χ2n) is 4.93. The topological polar surface area (TPSA) is 47.6 Å². The third kappa shape index (κ3) is 3.70. The van der Waals surface area contributed by atoms with Gasteiger partial charge in [-0.3, -0.25) is 0 Å². The van der Waals surface area contributed by atoms with Gasteiger partial charge in [-0.25, -0.2) is 4.79 Å². The third-order valence-electron chi connectivity index (χ3n) is 3.39. The maximum Gasteiger partial charge on any atom is 0.339 e. The molecule has 2 rings (SSSR count). The van der Waals surface area contributed by atoms with Crippen LogP contribution in [0.5, 0.6) is 0 Å². The van der Waals surface area contributed by atoms with E-state index in [1.165, 1.54) is 7.11 Å². The lowest BCUT2D eigenvalue weighted by atomic mass is 10.1. The zero-order valence-corrected chi connectivity index (χ0v) is 11.6. The molecule has 4 heteroatoms. The highest BCUT2D eigenvalue weighted by atomic mass is 16.5. The van der Waals surface area contributed by atoms with Gasteiger partial charge in [0.2, 0.25) is 0 Å². The van der Waals surface area contributed by atoms with Gasteiger partial charge in [-0.15, -0.1) is 0 Å². The minimum atomic E-state index is -0.295. The number of nitrogens with one attached hydrogen (secondary N) is 1. The Kier molecular flexibility index (Phi) is 4.80. The number of carbonyl (C=O) groups is 1. The second-order valence-corrected chi connectivity index (χ2v) is 4.93. The first-order chi connectivity index (χ1) is 9.20. The molecule has 1 aliphatic heterocycles. The quantitative estimate of drug-likeness (QED) is 0.852. The van der Waals surface area contributed by atoms with Gasteiger partial charge in [0, 0.05) is 24.9 Å². The Morgan fingerprint density at radius 2 is 2.21 bits per heavy atom. The van der Waals surface area contributed by atoms with Crippen molar-refractivity contribution in [1.29, 1.82) is 0 Å². The van der Waals surface area contributed by atoms with E-state index in [4.69, 9.17) is 9.47 Å². The molecule has 1 saturated heterocycles. The average molecular weight is 263 g/mol. The molecule has 0 spiro atoms. The van der Waals surface area contributed by atoms with Crippen molar-refractivity contribution in [2.24, 2.45) is 0 Å². The molecule has 1 aromatic carbocycles. The van der Waals surface area contributed by atoms with Crippen LogP contribution in [-0.4, -0.2) is 32.3 Å². The highest BCUT2D eigenvalue weighted by Crippen LogP contribution is 2.22. The Bertz CT molecular complexity index is 437. The van der Waals surface area contributed by atoms with Crippen LogP contribution in [0, 0.1) is 6.92 Å². The summed E-state index contributed by atoms with van der Waals surface area (Å²) in [5.74, 6) is -0.295. The number of benzene rings is 1. The van der Waals surface area contributed by atoms with Crippen molar-refractivity contribution in [3.05, 3.63) is 29.3 Å². The summed E-state index contributed by atoms with van der Waals surface area (Å²) in [4.78, 5) is 11.8. The summed E-state index contributed by atoms with van der Waals surface area (Å²) in [6.07, 6.45) is 3.08. The normalized spacial score (nSPS) is 19.6. The summed E-state index contributed by atoms with van der Waals surface area (Å²) in [5.41, 5.74) is 2.51. The van der Waals surface area contributed by atoms with E-state index in [-0.39, 0.29) is 5.97 Å². The molecule has 0 aliphatic carbocycles. The number of hydrogen-bond acceptors (Lipinski definition) is 4. The van der Waals surface area contributed by atoms with Crippen molar-refractivity contribution < 1.29 is 14.3 Å². The van der Waals surface area contributed by atoms with Crippen LogP contribution in [0.15, 0.2) is 18.2 Å². The molecule has 19 heavy (non-hydrogen) atoms. The molecule has 1 N–H and O–H groups in total. The summed E-state index contributed by atoms with van der Waals surface area (Å²) in [5, 5.41) is 3.45. The molecule has 1 fully saturated rings. The van der Waals surface area contributed by atoms with Crippen LogP contribution in [0.3, 0.4) is 0 Å². The summed E-state index contributed by atoms with van der Waals surface area (Å²) >= 11 is 0. The molecule has 4 nitrogen and oxygen atoms in total. The summed E-state index contributed by atoms with van der Waals surface area (Å²) < 4.78 is 10.3. The number of methoxy groups -OCH3 is 1. The minimum absolute atomic E-state index is 0.295. The van der Waals surface area contributed by atoms with Gasteiger partial charge in [0.15, 0.2) is 0 Å². The average Bonchev–Trinajstić information content (AvgIpc) is 2.68. The van der Waals surface area contributed by atoms with Gasteiger partial charge in [-0.1, -0.05) is 11.6 Å². The number of carbonyl (C=O) groups excluding carboxylic acids is 1. The molecule has 104 valence electrons. The summed E-state index contributed by atoms with van der Waals surface area (Å²) in [6.45, 7) is 3.57. The Balaban J connectivity index is 2.16. The van der Waals surface area contributed by atoms with Crippen molar-refractivity contribution in [2.45, 2.75) is 32.2 Å². The van der Waals surface area contributed by atoms with Crippen LogP contribution in [-0.2, 0) is 9.47 Å². The van der Waals surface area contributed by atoms with E-state index in [0.29, 0.717) is 11.6 Å². The van der Waals surface area contributed by atoms with Crippen molar-refractivity contribution in [1.82, 2.24) is 0 Å². The van der Waals surface area contributed by atoms with E-state index in [2.05, 4.69) is 5.32 Å². The summed E-state index contributed by atoms with van der Waals surface area (Å²) in [6, 6.07) is 6.17. The van der Waals surface area contributed by atoms with Gasteiger partial charge in [0.05, 0.1) is 12.7 Å². The second kappa shape index (κ2) is 6.57. The van der Waals surface area contributed by atoms with Crippen LogP contribution in [0.4, 0.5) is 5.69 Å². The fraction of sp³-hybridized carbons (Fsp3) is 0.533. The molecule has 1 heterocycles. The van der Waals surface area contributed by atoms with E-state index in [1.54, 1.807) is 0 Å². The number of anilines is 1. The minimum Gasteiger partial charge on any atom is -0.465 e. The molecule has 1 aliphatic rings. The number of esters is 1. The van der Waals surface area contributed by atoms with E-state index in [9.17, 15) is 4.79 Å².